The van der Waals surface area contributed by atoms with Crippen molar-refractivity contribution in [1.82, 2.24) is 24.8 Å². The smallest absolute Gasteiger partial charge is 0.258 e. The van der Waals surface area contributed by atoms with Crippen LogP contribution in [0.4, 0.5) is 5.95 Å². The number of aromatic amines is 2. The number of imidazole rings is 1. The van der Waals surface area contributed by atoms with Crippen LogP contribution in [0.15, 0.2) is 53.3 Å². The molecule has 4 aromatic rings. The van der Waals surface area contributed by atoms with Crippen LogP contribution in [0, 0.1) is 0 Å². The van der Waals surface area contributed by atoms with E-state index in [0.29, 0.717) is 5.39 Å². The van der Waals surface area contributed by atoms with Gasteiger partial charge in [0.2, 0.25) is 5.95 Å². The first-order valence-electron chi connectivity index (χ1n) is 10.1. The molecule has 1 aliphatic rings. The average molecular weight is 388 g/mol. The Morgan fingerprint density at radius 1 is 0.897 bits per heavy atom. The third-order valence-electron chi connectivity index (χ3n) is 5.78. The molecule has 0 unspecified atom stereocenters. The molecule has 1 fully saturated rings. The summed E-state index contributed by atoms with van der Waals surface area (Å²) in [6.45, 7) is 5.78. The van der Waals surface area contributed by atoms with E-state index < -0.39 is 0 Å². The second-order valence-corrected chi connectivity index (χ2v) is 7.60. The molecule has 2 aromatic heterocycles. The lowest BCUT2D eigenvalue weighted by molar-refractivity contribution is 0.218. The molecule has 1 atom stereocenters. The average Bonchev–Trinajstić information content (AvgIpc) is 3.02. The molecule has 7 heteroatoms. The molecule has 7 nitrogen and oxygen atoms in total. The van der Waals surface area contributed by atoms with Crippen molar-refractivity contribution in [3.05, 3.63) is 64.7 Å². The zero-order chi connectivity index (χ0) is 19.8. The van der Waals surface area contributed by atoms with Gasteiger partial charge in [-0.25, -0.2) is 9.97 Å². The molecule has 1 aliphatic heterocycles. The van der Waals surface area contributed by atoms with Crippen molar-refractivity contribution < 1.29 is 0 Å². The molecule has 0 radical (unpaired) electrons. The summed E-state index contributed by atoms with van der Waals surface area (Å²) in [5, 5.41) is 0.635. The number of anilines is 1. The Morgan fingerprint density at radius 2 is 1.69 bits per heavy atom. The van der Waals surface area contributed by atoms with Gasteiger partial charge in [-0.3, -0.25) is 9.69 Å². The quantitative estimate of drug-likeness (QED) is 0.564. The largest absolute Gasteiger partial charge is 0.341 e. The number of rotatable bonds is 3. The van der Waals surface area contributed by atoms with E-state index in [-0.39, 0.29) is 11.6 Å². The Labute approximate surface area is 168 Å². The van der Waals surface area contributed by atoms with E-state index in [1.807, 2.05) is 42.5 Å². The summed E-state index contributed by atoms with van der Waals surface area (Å²) >= 11 is 0. The van der Waals surface area contributed by atoms with Crippen LogP contribution in [-0.2, 0) is 0 Å². The highest BCUT2D eigenvalue weighted by Gasteiger charge is 2.23. The topological polar surface area (TPSA) is 80.9 Å². The van der Waals surface area contributed by atoms with Crippen molar-refractivity contribution >= 4 is 27.9 Å². The number of H-pyrrole nitrogens is 2. The van der Waals surface area contributed by atoms with Crippen LogP contribution in [0.5, 0.6) is 0 Å². The fourth-order valence-electron chi connectivity index (χ4n) is 4.10. The van der Waals surface area contributed by atoms with E-state index in [2.05, 4.69) is 32.8 Å². The molecule has 29 heavy (non-hydrogen) atoms. The molecule has 148 valence electrons. The van der Waals surface area contributed by atoms with Crippen molar-refractivity contribution in [3.8, 4) is 0 Å². The monoisotopic (exact) mass is 388 g/mol. The zero-order valence-corrected chi connectivity index (χ0v) is 16.4. The number of nitrogens with zero attached hydrogens (tertiary/aromatic N) is 4. The van der Waals surface area contributed by atoms with Gasteiger partial charge in [-0.05, 0) is 37.6 Å². The number of aromatic nitrogens is 4. The van der Waals surface area contributed by atoms with Crippen LogP contribution in [0.25, 0.3) is 21.9 Å². The summed E-state index contributed by atoms with van der Waals surface area (Å²) in [6, 6.07) is 15.7. The van der Waals surface area contributed by atoms with Gasteiger partial charge in [0.25, 0.3) is 5.56 Å². The molecule has 0 amide bonds. The molecule has 0 bridgehead atoms. The highest BCUT2D eigenvalue weighted by atomic mass is 16.1. The summed E-state index contributed by atoms with van der Waals surface area (Å²) in [7, 11) is 0. The first-order valence-corrected chi connectivity index (χ1v) is 10.1. The van der Waals surface area contributed by atoms with Crippen molar-refractivity contribution in [3.63, 3.8) is 0 Å². The van der Waals surface area contributed by atoms with Gasteiger partial charge in [-0.2, -0.15) is 0 Å². The van der Waals surface area contributed by atoms with E-state index in [0.717, 1.165) is 60.9 Å². The minimum Gasteiger partial charge on any atom is -0.341 e. The van der Waals surface area contributed by atoms with E-state index in [1.165, 1.54) is 0 Å². The normalized spacial score (nSPS) is 16.9. The molecule has 1 saturated heterocycles. The van der Waals surface area contributed by atoms with E-state index in [1.54, 1.807) is 0 Å². The molecule has 5 rings (SSSR count). The predicted molar refractivity (Wildman–Crippen MR) is 115 cm³/mol. The van der Waals surface area contributed by atoms with E-state index in [9.17, 15) is 4.79 Å². The highest BCUT2D eigenvalue weighted by Crippen LogP contribution is 2.22. The van der Waals surface area contributed by atoms with Crippen molar-refractivity contribution in [2.45, 2.75) is 19.4 Å². The number of hydrogen-bond donors (Lipinski definition) is 2. The number of benzene rings is 2. The number of hydrogen-bond acceptors (Lipinski definition) is 5. The lowest BCUT2D eigenvalue weighted by Crippen LogP contribution is -2.34. The van der Waals surface area contributed by atoms with Gasteiger partial charge >= 0.3 is 0 Å². The van der Waals surface area contributed by atoms with E-state index >= 15 is 0 Å². The molecule has 3 heterocycles. The Balaban J connectivity index is 1.35. The summed E-state index contributed by atoms with van der Waals surface area (Å²) < 4.78 is 0. The van der Waals surface area contributed by atoms with Crippen LogP contribution in [0.3, 0.4) is 0 Å². The number of fused-ring (bicyclic) bond motifs is 2. The Hall–Kier alpha value is -3.19. The SMILES string of the molecule is C[C@H](c1nc2ccccc2c(=O)[nH]1)N1CCCN(c2nc3ccccc3[nH]2)CC1. The van der Waals surface area contributed by atoms with Crippen molar-refractivity contribution in [1.29, 1.82) is 0 Å². The van der Waals surface area contributed by atoms with Gasteiger partial charge in [0.1, 0.15) is 5.82 Å². The van der Waals surface area contributed by atoms with Crippen LogP contribution >= 0.6 is 0 Å². The van der Waals surface area contributed by atoms with Crippen molar-refractivity contribution in [2.75, 3.05) is 31.1 Å². The highest BCUT2D eigenvalue weighted by molar-refractivity contribution is 5.78. The van der Waals surface area contributed by atoms with Crippen LogP contribution in [0.2, 0.25) is 0 Å². The van der Waals surface area contributed by atoms with Gasteiger partial charge in [-0.1, -0.05) is 24.3 Å². The minimum absolute atomic E-state index is 0.0444. The predicted octanol–water partition coefficient (Wildman–Crippen LogP) is 3.07. The zero-order valence-electron chi connectivity index (χ0n) is 16.4. The van der Waals surface area contributed by atoms with Crippen LogP contribution in [0.1, 0.15) is 25.2 Å². The maximum absolute atomic E-state index is 12.4. The molecular weight excluding hydrogens is 364 g/mol. The fraction of sp³-hybridized carbons (Fsp3) is 0.318. The standard InChI is InChI=1S/C22H24N6O/c1-15(20-23-17-8-3-2-7-16(17)21(29)26-20)27-11-6-12-28(14-13-27)22-24-18-9-4-5-10-19(18)25-22/h2-5,7-10,15H,6,11-14H2,1H3,(H,24,25)(H,23,26,29)/t15-/m1/s1. The minimum atomic E-state index is -0.0730. The first kappa shape index (κ1) is 17.9. The molecule has 0 aliphatic carbocycles. The van der Waals surface area contributed by atoms with E-state index in [4.69, 9.17) is 9.97 Å². The van der Waals surface area contributed by atoms with Crippen LogP contribution in [-0.4, -0.2) is 51.0 Å². The van der Waals surface area contributed by atoms with Gasteiger partial charge in [0.05, 0.1) is 28.0 Å². The first-order chi connectivity index (χ1) is 14.2. The summed E-state index contributed by atoms with van der Waals surface area (Å²) in [5.41, 5.74) is 2.73. The lowest BCUT2D eigenvalue weighted by Gasteiger charge is -2.27. The third kappa shape index (κ3) is 3.38. The van der Waals surface area contributed by atoms with Gasteiger partial charge in [-0.15, -0.1) is 0 Å². The molecule has 2 aromatic carbocycles. The molecule has 2 N–H and O–H groups in total. The Bertz CT molecular complexity index is 1180. The second kappa shape index (κ2) is 7.33. The summed E-state index contributed by atoms with van der Waals surface area (Å²) in [5.74, 6) is 1.66. The lowest BCUT2D eigenvalue weighted by atomic mass is 10.2. The molecule has 0 spiro atoms. The summed E-state index contributed by atoms with van der Waals surface area (Å²) in [4.78, 5) is 33.0. The maximum Gasteiger partial charge on any atom is 0.258 e. The third-order valence-corrected chi connectivity index (χ3v) is 5.78. The molecule has 0 saturated carbocycles. The van der Waals surface area contributed by atoms with Crippen molar-refractivity contribution in [2.24, 2.45) is 0 Å². The molecular formula is C22H24N6O. The van der Waals surface area contributed by atoms with Gasteiger partial charge in [0.15, 0.2) is 0 Å². The second-order valence-electron chi connectivity index (χ2n) is 7.60. The van der Waals surface area contributed by atoms with Gasteiger partial charge in [0, 0.05) is 26.2 Å². The van der Waals surface area contributed by atoms with Gasteiger partial charge < -0.3 is 14.9 Å². The maximum atomic E-state index is 12.4. The van der Waals surface area contributed by atoms with Crippen LogP contribution < -0.4 is 10.5 Å². The number of nitrogens with one attached hydrogen (secondary N) is 2. The Kier molecular flexibility index (Phi) is 4.52. The summed E-state index contributed by atoms with van der Waals surface area (Å²) in [6.07, 6.45) is 1.03. The number of para-hydroxylation sites is 3. The fourth-order valence-corrected chi connectivity index (χ4v) is 4.10. The Morgan fingerprint density at radius 3 is 2.55 bits per heavy atom.